The number of nitrogens with one attached hydrogen (secondary N) is 1. The molecule has 100 valence electrons. The van der Waals surface area contributed by atoms with E-state index in [1.54, 1.807) is 14.2 Å². The van der Waals surface area contributed by atoms with Crippen molar-refractivity contribution in [1.82, 2.24) is 5.32 Å². The zero-order valence-corrected chi connectivity index (χ0v) is 12.9. The van der Waals surface area contributed by atoms with Crippen LogP contribution in [0.15, 0.2) is 10.5 Å². The van der Waals surface area contributed by atoms with Crippen molar-refractivity contribution in [2.75, 3.05) is 20.8 Å². The second-order valence-electron chi connectivity index (χ2n) is 4.32. The summed E-state index contributed by atoms with van der Waals surface area (Å²) in [6, 6.07) is 2.11. The Morgan fingerprint density at radius 2 is 2.00 bits per heavy atom. The molecule has 1 unspecified atom stereocenters. The van der Waals surface area contributed by atoms with Gasteiger partial charge in [0.25, 0.3) is 0 Å². The Balaban J connectivity index is 2.49. The summed E-state index contributed by atoms with van der Waals surface area (Å²) in [6.07, 6.45) is 3.49. The first-order valence-electron chi connectivity index (χ1n) is 6.02. The highest BCUT2D eigenvalue weighted by Gasteiger charge is 2.25. The fourth-order valence-electron chi connectivity index (χ4n) is 2.41. The number of benzene rings is 1. The maximum Gasteiger partial charge on any atom is 0.175 e. The van der Waals surface area contributed by atoms with Crippen molar-refractivity contribution in [3.8, 4) is 11.5 Å². The summed E-state index contributed by atoms with van der Waals surface area (Å²) in [7, 11) is 3.28. The lowest BCUT2D eigenvalue weighted by molar-refractivity contribution is 0.336. The first kappa shape index (κ1) is 14.0. The van der Waals surface area contributed by atoms with Crippen LogP contribution in [0.2, 0.25) is 5.02 Å². The van der Waals surface area contributed by atoms with Gasteiger partial charge in [0.15, 0.2) is 11.5 Å². The van der Waals surface area contributed by atoms with Crippen LogP contribution in [0.4, 0.5) is 0 Å². The van der Waals surface area contributed by atoms with Crippen LogP contribution < -0.4 is 14.8 Å². The van der Waals surface area contributed by atoms with Gasteiger partial charge in [-0.1, -0.05) is 18.0 Å². The maximum absolute atomic E-state index is 6.37. The van der Waals surface area contributed by atoms with Crippen LogP contribution >= 0.6 is 27.5 Å². The predicted molar refractivity (Wildman–Crippen MR) is 76.9 cm³/mol. The van der Waals surface area contributed by atoms with Crippen LogP contribution in [0.25, 0.3) is 0 Å². The highest BCUT2D eigenvalue weighted by molar-refractivity contribution is 9.10. The van der Waals surface area contributed by atoms with E-state index in [2.05, 4.69) is 21.2 Å². The SMILES string of the molecule is COc1c(Br)cc(Cl)c(C2CCCCN2)c1OC. The molecule has 5 heteroatoms. The van der Waals surface area contributed by atoms with Crippen LogP contribution in [-0.2, 0) is 0 Å². The van der Waals surface area contributed by atoms with E-state index >= 15 is 0 Å². The van der Waals surface area contributed by atoms with Crippen molar-refractivity contribution in [2.24, 2.45) is 0 Å². The summed E-state index contributed by atoms with van der Waals surface area (Å²) in [5.41, 5.74) is 0.999. The number of piperidine rings is 1. The second-order valence-corrected chi connectivity index (χ2v) is 5.58. The lowest BCUT2D eigenvalue weighted by atomic mass is 9.96. The third-order valence-electron chi connectivity index (χ3n) is 3.25. The van der Waals surface area contributed by atoms with E-state index in [0.29, 0.717) is 10.8 Å². The summed E-state index contributed by atoms with van der Waals surface area (Å²) in [6.45, 7) is 1.02. The van der Waals surface area contributed by atoms with E-state index < -0.39 is 0 Å². The largest absolute Gasteiger partial charge is 0.492 e. The standard InChI is InChI=1S/C13H17BrClNO2/c1-17-12-8(14)7-9(15)11(13(12)18-2)10-5-3-4-6-16-10/h7,10,16H,3-6H2,1-2H3. The smallest absolute Gasteiger partial charge is 0.175 e. The molecule has 0 bridgehead atoms. The van der Waals surface area contributed by atoms with Crippen molar-refractivity contribution >= 4 is 27.5 Å². The summed E-state index contributed by atoms with van der Waals surface area (Å²) < 4.78 is 11.7. The molecule has 1 atom stereocenters. The highest BCUT2D eigenvalue weighted by Crippen LogP contribution is 2.46. The van der Waals surface area contributed by atoms with Crippen LogP contribution in [0.5, 0.6) is 11.5 Å². The second kappa shape index (κ2) is 6.13. The Morgan fingerprint density at radius 3 is 2.56 bits per heavy atom. The van der Waals surface area contributed by atoms with Gasteiger partial charge in [-0.15, -0.1) is 0 Å². The van der Waals surface area contributed by atoms with Gasteiger partial charge in [0.05, 0.1) is 23.7 Å². The molecule has 3 nitrogen and oxygen atoms in total. The molecule has 1 aromatic rings. The number of ether oxygens (including phenoxy) is 2. The Bertz CT molecular complexity index is 433. The quantitative estimate of drug-likeness (QED) is 0.908. The van der Waals surface area contributed by atoms with Gasteiger partial charge in [-0.05, 0) is 41.4 Å². The van der Waals surface area contributed by atoms with Gasteiger partial charge in [-0.2, -0.15) is 0 Å². The Morgan fingerprint density at radius 1 is 1.28 bits per heavy atom. The van der Waals surface area contributed by atoms with Crippen LogP contribution in [0.3, 0.4) is 0 Å². The van der Waals surface area contributed by atoms with Crippen molar-refractivity contribution < 1.29 is 9.47 Å². The van der Waals surface area contributed by atoms with Crippen LogP contribution in [0, 0.1) is 0 Å². The minimum absolute atomic E-state index is 0.239. The lowest BCUT2D eigenvalue weighted by Crippen LogP contribution is -2.27. The molecule has 1 aliphatic heterocycles. The van der Waals surface area contributed by atoms with E-state index in [1.807, 2.05) is 6.07 Å². The van der Waals surface area contributed by atoms with Crippen molar-refractivity contribution in [3.63, 3.8) is 0 Å². The molecule has 0 amide bonds. The van der Waals surface area contributed by atoms with Crippen LogP contribution in [-0.4, -0.2) is 20.8 Å². The molecule has 0 radical (unpaired) electrons. The summed E-state index contributed by atoms with van der Waals surface area (Å²) in [5.74, 6) is 1.42. The monoisotopic (exact) mass is 333 g/mol. The maximum atomic E-state index is 6.37. The van der Waals surface area contributed by atoms with Crippen molar-refractivity contribution in [3.05, 3.63) is 21.1 Å². The van der Waals surface area contributed by atoms with Crippen LogP contribution in [0.1, 0.15) is 30.9 Å². The van der Waals surface area contributed by atoms with E-state index in [9.17, 15) is 0 Å². The zero-order chi connectivity index (χ0) is 13.1. The molecule has 0 saturated carbocycles. The number of halogens is 2. The molecule has 2 rings (SSSR count). The first-order chi connectivity index (χ1) is 8.69. The van der Waals surface area contributed by atoms with Gasteiger partial charge in [-0.25, -0.2) is 0 Å². The molecule has 0 aliphatic carbocycles. The Labute approximate surface area is 121 Å². The average Bonchev–Trinajstić information content (AvgIpc) is 2.38. The van der Waals surface area contributed by atoms with Gasteiger partial charge in [-0.3, -0.25) is 0 Å². The molecular weight excluding hydrogens is 318 g/mol. The zero-order valence-electron chi connectivity index (χ0n) is 10.6. The number of hydrogen-bond acceptors (Lipinski definition) is 3. The summed E-state index contributed by atoms with van der Waals surface area (Å²) in [4.78, 5) is 0. The van der Waals surface area contributed by atoms with E-state index in [4.69, 9.17) is 21.1 Å². The minimum atomic E-state index is 0.239. The fourth-order valence-corrected chi connectivity index (χ4v) is 3.44. The summed E-state index contributed by atoms with van der Waals surface area (Å²) >= 11 is 9.82. The molecule has 1 fully saturated rings. The van der Waals surface area contributed by atoms with Gasteiger partial charge in [0, 0.05) is 11.6 Å². The molecule has 1 aromatic carbocycles. The lowest BCUT2D eigenvalue weighted by Gasteiger charge is -2.27. The molecular formula is C13H17BrClNO2. The molecule has 0 aromatic heterocycles. The fraction of sp³-hybridized carbons (Fsp3) is 0.538. The van der Waals surface area contributed by atoms with E-state index in [1.165, 1.54) is 12.8 Å². The minimum Gasteiger partial charge on any atom is -0.492 e. The molecule has 18 heavy (non-hydrogen) atoms. The average molecular weight is 335 g/mol. The molecule has 1 aliphatic rings. The van der Waals surface area contributed by atoms with Gasteiger partial charge in [0.2, 0.25) is 0 Å². The molecule has 1 heterocycles. The molecule has 1 N–H and O–H groups in total. The Hall–Kier alpha value is -0.450. The number of methoxy groups -OCH3 is 2. The van der Waals surface area contributed by atoms with Gasteiger partial charge < -0.3 is 14.8 Å². The van der Waals surface area contributed by atoms with Crippen molar-refractivity contribution in [1.29, 1.82) is 0 Å². The first-order valence-corrected chi connectivity index (χ1v) is 7.19. The van der Waals surface area contributed by atoms with E-state index in [0.717, 1.165) is 28.8 Å². The van der Waals surface area contributed by atoms with Gasteiger partial charge >= 0.3 is 0 Å². The van der Waals surface area contributed by atoms with E-state index in [-0.39, 0.29) is 6.04 Å². The third-order valence-corrected chi connectivity index (χ3v) is 4.15. The molecule has 1 saturated heterocycles. The third kappa shape index (κ3) is 2.60. The molecule has 0 spiro atoms. The normalized spacial score (nSPS) is 19.7. The topological polar surface area (TPSA) is 30.5 Å². The highest BCUT2D eigenvalue weighted by atomic mass is 79.9. The number of rotatable bonds is 3. The van der Waals surface area contributed by atoms with Gasteiger partial charge in [0.1, 0.15) is 0 Å². The van der Waals surface area contributed by atoms with Crippen molar-refractivity contribution in [2.45, 2.75) is 25.3 Å². The predicted octanol–water partition coefficient (Wildman–Crippen LogP) is 3.93. The number of hydrogen-bond donors (Lipinski definition) is 1. The summed E-state index contributed by atoms with van der Waals surface area (Å²) in [5, 5.41) is 4.19. The Kier molecular flexibility index (Phi) is 4.76.